The van der Waals surface area contributed by atoms with Crippen LogP contribution in [-0.4, -0.2) is 43.3 Å². The molecule has 136 valence electrons. The number of nitrogens with zero attached hydrogens (tertiary/aromatic N) is 1. The number of anilines is 3. The third-order valence-corrected chi connectivity index (χ3v) is 3.48. The highest BCUT2D eigenvalue weighted by Crippen LogP contribution is 2.14. The van der Waals surface area contributed by atoms with E-state index in [1.807, 2.05) is 0 Å². The van der Waals surface area contributed by atoms with Gasteiger partial charge in [-0.05, 0) is 48.5 Å². The first-order chi connectivity index (χ1) is 12.3. The quantitative estimate of drug-likeness (QED) is 0.743. The Hall–Kier alpha value is -3.35. The molecule has 7 nitrogen and oxygen atoms in total. The lowest BCUT2D eigenvalue weighted by atomic mass is 10.2. The van der Waals surface area contributed by atoms with E-state index in [1.54, 1.807) is 62.6 Å². The molecule has 0 aliphatic heterocycles. The van der Waals surface area contributed by atoms with Gasteiger partial charge in [0.15, 0.2) is 0 Å². The lowest BCUT2D eigenvalue weighted by molar-refractivity contribution is -0.115. The minimum absolute atomic E-state index is 0.0722. The molecule has 3 amide bonds. The largest absolute Gasteiger partial charge is 0.376 e. The maximum Gasteiger partial charge on any atom is 0.253 e. The summed E-state index contributed by atoms with van der Waals surface area (Å²) >= 11 is 0. The van der Waals surface area contributed by atoms with Crippen molar-refractivity contribution in [3.05, 3.63) is 54.1 Å². The van der Waals surface area contributed by atoms with Crippen molar-refractivity contribution < 1.29 is 14.4 Å². The summed E-state index contributed by atoms with van der Waals surface area (Å²) in [5.74, 6) is -0.424. The molecule has 0 saturated carbocycles. The highest BCUT2D eigenvalue weighted by molar-refractivity contribution is 5.95. The van der Waals surface area contributed by atoms with E-state index in [-0.39, 0.29) is 24.3 Å². The fraction of sp³-hybridized carbons (Fsp3) is 0.211. The third kappa shape index (κ3) is 5.62. The number of benzene rings is 2. The van der Waals surface area contributed by atoms with Gasteiger partial charge < -0.3 is 20.9 Å². The van der Waals surface area contributed by atoms with Crippen molar-refractivity contribution in [3.63, 3.8) is 0 Å². The number of amides is 3. The molecule has 3 N–H and O–H groups in total. The third-order valence-electron chi connectivity index (χ3n) is 3.48. The topological polar surface area (TPSA) is 90.5 Å². The van der Waals surface area contributed by atoms with Crippen LogP contribution in [0.4, 0.5) is 17.1 Å². The van der Waals surface area contributed by atoms with Gasteiger partial charge in [0.05, 0.1) is 6.54 Å². The molecule has 7 heteroatoms. The van der Waals surface area contributed by atoms with Crippen LogP contribution in [0.25, 0.3) is 0 Å². The minimum atomic E-state index is -0.203. The van der Waals surface area contributed by atoms with Crippen LogP contribution < -0.4 is 16.0 Å². The Kier molecular flexibility index (Phi) is 6.32. The number of rotatable bonds is 6. The van der Waals surface area contributed by atoms with Crippen LogP contribution in [0.3, 0.4) is 0 Å². The van der Waals surface area contributed by atoms with Gasteiger partial charge in [-0.2, -0.15) is 0 Å². The normalized spacial score (nSPS) is 9.96. The molecule has 0 unspecified atom stereocenters. The Morgan fingerprint density at radius 2 is 1.31 bits per heavy atom. The van der Waals surface area contributed by atoms with E-state index in [0.717, 1.165) is 5.69 Å². The van der Waals surface area contributed by atoms with E-state index in [0.29, 0.717) is 16.9 Å². The average molecular weight is 354 g/mol. The number of nitrogens with one attached hydrogen (secondary N) is 3. The van der Waals surface area contributed by atoms with E-state index >= 15 is 0 Å². The zero-order valence-corrected chi connectivity index (χ0v) is 15.0. The maximum absolute atomic E-state index is 12.0. The monoisotopic (exact) mass is 354 g/mol. The molecule has 2 aromatic carbocycles. The lowest BCUT2D eigenvalue weighted by Crippen LogP contribution is -2.22. The molecule has 26 heavy (non-hydrogen) atoms. The molecule has 0 aliphatic rings. The first-order valence-electron chi connectivity index (χ1n) is 8.08. The second kappa shape index (κ2) is 8.66. The lowest BCUT2D eigenvalue weighted by Gasteiger charge is -2.11. The molecule has 0 heterocycles. The predicted molar refractivity (Wildman–Crippen MR) is 102 cm³/mol. The van der Waals surface area contributed by atoms with E-state index in [2.05, 4.69) is 16.0 Å². The Labute approximate surface area is 152 Å². The molecule has 0 bridgehead atoms. The van der Waals surface area contributed by atoms with Crippen LogP contribution in [0.2, 0.25) is 0 Å². The van der Waals surface area contributed by atoms with Gasteiger partial charge in [-0.1, -0.05) is 0 Å². The number of carbonyl (C=O) groups excluding carboxylic acids is 3. The fourth-order valence-corrected chi connectivity index (χ4v) is 2.22. The number of hydrogen-bond donors (Lipinski definition) is 3. The van der Waals surface area contributed by atoms with Gasteiger partial charge in [0, 0.05) is 43.6 Å². The van der Waals surface area contributed by atoms with Gasteiger partial charge in [-0.3, -0.25) is 14.4 Å². The van der Waals surface area contributed by atoms with Crippen molar-refractivity contribution in [2.24, 2.45) is 0 Å². The molecule has 2 rings (SSSR count). The van der Waals surface area contributed by atoms with Gasteiger partial charge in [0.25, 0.3) is 5.91 Å². The van der Waals surface area contributed by atoms with Crippen molar-refractivity contribution in [1.29, 1.82) is 0 Å². The molecule has 0 fully saturated rings. The van der Waals surface area contributed by atoms with Crippen molar-refractivity contribution >= 4 is 34.8 Å². The molecule has 0 aromatic heterocycles. The first-order valence-corrected chi connectivity index (χ1v) is 8.08. The summed E-state index contributed by atoms with van der Waals surface area (Å²) in [4.78, 5) is 36.3. The summed E-state index contributed by atoms with van der Waals surface area (Å²) in [7, 11) is 3.39. The van der Waals surface area contributed by atoms with Gasteiger partial charge in [0.1, 0.15) is 0 Å². The summed E-state index contributed by atoms with van der Waals surface area (Å²) in [6.45, 7) is 1.53. The van der Waals surface area contributed by atoms with Crippen LogP contribution in [0, 0.1) is 0 Å². The van der Waals surface area contributed by atoms with Gasteiger partial charge in [-0.25, -0.2) is 0 Å². The molecule has 0 spiro atoms. The van der Waals surface area contributed by atoms with Crippen molar-refractivity contribution in [1.82, 2.24) is 4.90 Å². The molecular weight excluding hydrogens is 332 g/mol. The Bertz CT molecular complexity index is 783. The molecular formula is C19H22N4O3. The second-order valence-corrected chi connectivity index (χ2v) is 5.94. The SMILES string of the molecule is CC(=O)Nc1ccc(NC(=O)CNc2ccc(C(=O)N(C)C)cc2)cc1. The summed E-state index contributed by atoms with van der Waals surface area (Å²) < 4.78 is 0. The average Bonchev–Trinajstić information content (AvgIpc) is 2.61. The van der Waals surface area contributed by atoms with Crippen LogP contribution in [-0.2, 0) is 9.59 Å². The Morgan fingerprint density at radius 3 is 1.81 bits per heavy atom. The summed E-state index contributed by atoms with van der Waals surface area (Å²) in [5.41, 5.74) is 2.64. The van der Waals surface area contributed by atoms with Crippen LogP contribution >= 0.6 is 0 Å². The highest BCUT2D eigenvalue weighted by atomic mass is 16.2. The van der Waals surface area contributed by atoms with E-state index in [4.69, 9.17) is 0 Å². The first kappa shape index (κ1) is 19.0. The zero-order chi connectivity index (χ0) is 19.1. The smallest absolute Gasteiger partial charge is 0.253 e. The number of carbonyl (C=O) groups is 3. The fourth-order valence-electron chi connectivity index (χ4n) is 2.22. The second-order valence-electron chi connectivity index (χ2n) is 5.94. The Balaban J connectivity index is 1.84. The number of hydrogen-bond acceptors (Lipinski definition) is 4. The molecule has 0 aliphatic carbocycles. The van der Waals surface area contributed by atoms with Crippen LogP contribution in [0.5, 0.6) is 0 Å². The summed E-state index contributed by atoms with van der Waals surface area (Å²) in [5, 5.41) is 8.43. The molecule has 2 aromatic rings. The summed E-state index contributed by atoms with van der Waals surface area (Å²) in [6.07, 6.45) is 0. The standard InChI is InChI=1S/C19H22N4O3/c1-13(24)21-16-8-10-17(11-9-16)22-18(25)12-20-15-6-4-14(5-7-15)19(26)23(2)3/h4-11,20H,12H2,1-3H3,(H,21,24)(H,22,25). The van der Waals surface area contributed by atoms with E-state index in [1.165, 1.54) is 11.8 Å². The van der Waals surface area contributed by atoms with E-state index < -0.39 is 0 Å². The van der Waals surface area contributed by atoms with E-state index in [9.17, 15) is 14.4 Å². The minimum Gasteiger partial charge on any atom is -0.376 e. The van der Waals surface area contributed by atoms with Gasteiger partial charge >= 0.3 is 0 Å². The zero-order valence-electron chi connectivity index (χ0n) is 15.0. The van der Waals surface area contributed by atoms with Gasteiger partial charge in [0.2, 0.25) is 11.8 Å². The van der Waals surface area contributed by atoms with Crippen LogP contribution in [0.1, 0.15) is 17.3 Å². The maximum atomic E-state index is 12.0. The Morgan fingerprint density at radius 1 is 0.808 bits per heavy atom. The molecule has 0 saturated heterocycles. The summed E-state index contributed by atoms with van der Waals surface area (Å²) in [6, 6.07) is 13.8. The highest BCUT2D eigenvalue weighted by Gasteiger charge is 2.08. The van der Waals surface area contributed by atoms with Gasteiger partial charge in [-0.15, -0.1) is 0 Å². The van der Waals surface area contributed by atoms with Crippen molar-refractivity contribution in [2.45, 2.75) is 6.92 Å². The predicted octanol–water partition coefficient (Wildman–Crippen LogP) is 2.40. The van der Waals surface area contributed by atoms with Crippen LogP contribution in [0.15, 0.2) is 48.5 Å². The van der Waals surface area contributed by atoms with Crippen molar-refractivity contribution in [3.8, 4) is 0 Å². The molecule has 0 atom stereocenters. The van der Waals surface area contributed by atoms with Crippen molar-refractivity contribution in [2.75, 3.05) is 36.6 Å². The molecule has 0 radical (unpaired) electrons.